The lowest BCUT2D eigenvalue weighted by Crippen LogP contribution is -2.36. The van der Waals surface area contributed by atoms with Gasteiger partial charge in [-0.2, -0.15) is 18.3 Å². The Morgan fingerprint density at radius 1 is 1.59 bits per heavy atom. The fourth-order valence-electron chi connectivity index (χ4n) is 2.34. The van der Waals surface area contributed by atoms with Crippen molar-refractivity contribution in [3.63, 3.8) is 0 Å². The van der Waals surface area contributed by atoms with E-state index in [4.69, 9.17) is 16.3 Å². The fraction of sp³-hybridized carbons (Fsp3) is 0.692. The average Bonchev–Trinajstić information content (AvgIpc) is 3.04. The average molecular weight is 340 g/mol. The van der Waals surface area contributed by atoms with E-state index in [-0.39, 0.29) is 11.8 Å². The van der Waals surface area contributed by atoms with Gasteiger partial charge in [0.2, 0.25) is 5.91 Å². The van der Waals surface area contributed by atoms with Crippen LogP contribution < -0.4 is 5.32 Å². The minimum atomic E-state index is -4.65. The SMILES string of the molecule is Cc1c(Cl)c(C(F)(F)F)nn1C(C)C(=O)NCC1CCCO1. The van der Waals surface area contributed by atoms with Gasteiger partial charge in [-0.1, -0.05) is 11.6 Å². The predicted octanol–water partition coefficient (Wildman–Crippen LogP) is 2.72. The first-order valence-electron chi connectivity index (χ1n) is 6.93. The summed E-state index contributed by atoms with van der Waals surface area (Å²) in [5.74, 6) is -0.425. The molecular weight excluding hydrogens is 323 g/mol. The highest BCUT2D eigenvalue weighted by molar-refractivity contribution is 6.32. The van der Waals surface area contributed by atoms with Crippen LogP contribution in [0.3, 0.4) is 0 Å². The first kappa shape index (κ1) is 17.1. The molecule has 2 unspecified atom stereocenters. The number of nitrogens with zero attached hydrogens (tertiary/aromatic N) is 2. The fourth-order valence-corrected chi connectivity index (χ4v) is 2.57. The van der Waals surface area contributed by atoms with Crippen molar-refractivity contribution in [1.29, 1.82) is 0 Å². The maximum absolute atomic E-state index is 12.8. The molecule has 0 radical (unpaired) electrons. The molecule has 2 heterocycles. The lowest BCUT2D eigenvalue weighted by molar-refractivity contribution is -0.141. The zero-order chi connectivity index (χ0) is 16.5. The van der Waals surface area contributed by atoms with Gasteiger partial charge in [0.25, 0.3) is 0 Å². The van der Waals surface area contributed by atoms with Crippen LogP contribution >= 0.6 is 11.6 Å². The molecule has 1 fully saturated rings. The molecule has 2 atom stereocenters. The van der Waals surface area contributed by atoms with Crippen LogP contribution in [0.1, 0.15) is 37.2 Å². The van der Waals surface area contributed by atoms with Crippen LogP contribution in [-0.2, 0) is 15.7 Å². The van der Waals surface area contributed by atoms with Gasteiger partial charge in [-0.25, -0.2) is 0 Å². The van der Waals surface area contributed by atoms with Crippen LogP contribution in [0.25, 0.3) is 0 Å². The van der Waals surface area contributed by atoms with E-state index in [9.17, 15) is 18.0 Å². The van der Waals surface area contributed by atoms with Gasteiger partial charge >= 0.3 is 6.18 Å². The van der Waals surface area contributed by atoms with Gasteiger partial charge in [-0.05, 0) is 26.7 Å². The molecule has 0 bridgehead atoms. The second-order valence-electron chi connectivity index (χ2n) is 5.25. The molecule has 1 N–H and O–H groups in total. The Balaban J connectivity index is 2.08. The summed E-state index contributed by atoms with van der Waals surface area (Å²) < 4.78 is 44.7. The first-order valence-corrected chi connectivity index (χ1v) is 7.30. The quantitative estimate of drug-likeness (QED) is 0.917. The van der Waals surface area contributed by atoms with Crippen LogP contribution in [-0.4, -0.2) is 34.9 Å². The smallest absolute Gasteiger partial charge is 0.376 e. The maximum atomic E-state index is 12.8. The van der Waals surface area contributed by atoms with Crippen molar-refractivity contribution < 1.29 is 22.7 Å². The molecule has 0 spiro atoms. The van der Waals surface area contributed by atoms with Gasteiger partial charge in [-0.15, -0.1) is 0 Å². The van der Waals surface area contributed by atoms with Gasteiger partial charge in [0.1, 0.15) is 6.04 Å². The number of hydrogen-bond donors (Lipinski definition) is 1. The van der Waals surface area contributed by atoms with Crippen molar-refractivity contribution in [2.24, 2.45) is 0 Å². The summed E-state index contributed by atoms with van der Waals surface area (Å²) in [6.45, 7) is 3.87. The minimum absolute atomic E-state index is 0.0378. The number of carbonyl (C=O) groups excluding carboxylic acids is 1. The third kappa shape index (κ3) is 3.55. The zero-order valence-electron chi connectivity index (χ0n) is 12.2. The van der Waals surface area contributed by atoms with E-state index in [1.807, 2.05) is 0 Å². The van der Waals surface area contributed by atoms with Gasteiger partial charge in [0, 0.05) is 13.2 Å². The highest BCUT2D eigenvalue weighted by Gasteiger charge is 2.39. The van der Waals surface area contributed by atoms with Crippen molar-refractivity contribution >= 4 is 17.5 Å². The van der Waals surface area contributed by atoms with Gasteiger partial charge in [0.15, 0.2) is 5.69 Å². The first-order chi connectivity index (χ1) is 10.2. The van der Waals surface area contributed by atoms with Crippen LogP contribution in [0, 0.1) is 6.92 Å². The molecule has 2 rings (SSSR count). The van der Waals surface area contributed by atoms with Gasteiger partial charge in [0.05, 0.1) is 16.8 Å². The zero-order valence-corrected chi connectivity index (χ0v) is 13.0. The second-order valence-corrected chi connectivity index (χ2v) is 5.62. The molecule has 1 aliphatic heterocycles. The highest BCUT2D eigenvalue weighted by Crippen LogP contribution is 2.36. The van der Waals surface area contributed by atoms with E-state index in [2.05, 4.69) is 10.4 Å². The number of rotatable bonds is 4. The van der Waals surface area contributed by atoms with Crippen LogP contribution in [0.4, 0.5) is 13.2 Å². The minimum Gasteiger partial charge on any atom is -0.376 e. The van der Waals surface area contributed by atoms with E-state index in [1.54, 1.807) is 0 Å². The summed E-state index contributed by atoms with van der Waals surface area (Å²) >= 11 is 5.67. The Bertz CT molecular complexity index is 553. The van der Waals surface area contributed by atoms with E-state index in [0.29, 0.717) is 13.2 Å². The number of amides is 1. The normalized spacial score (nSPS) is 20.2. The summed E-state index contributed by atoms with van der Waals surface area (Å²) in [6.07, 6.45) is -2.89. The van der Waals surface area contributed by atoms with Crippen LogP contribution in [0.15, 0.2) is 0 Å². The van der Waals surface area contributed by atoms with Crippen LogP contribution in [0.5, 0.6) is 0 Å². The molecule has 1 aromatic rings. The molecule has 0 saturated carbocycles. The molecule has 22 heavy (non-hydrogen) atoms. The number of hydrogen-bond acceptors (Lipinski definition) is 3. The van der Waals surface area contributed by atoms with Crippen molar-refractivity contribution in [2.45, 2.75) is 45.0 Å². The molecule has 5 nitrogen and oxygen atoms in total. The molecule has 0 aliphatic carbocycles. The Labute approximate surface area is 130 Å². The highest BCUT2D eigenvalue weighted by atomic mass is 35.5. The van der Waals surface area contributed by atoms with E-state index in [0.717, 1.165) is 17.5 Å². The van der Waals surface area contributed by atoms with E-state index < -0.39 is 28.8 Å². The Hall–Kier alpha value is -1.28. The summed E-state index contributed by atoms with van der Waals surface area (Å²) in [5, 5.41) is 5.64. The largest absolute Gasteiger partial charge is 0.436 e. The molecule has 1 aromatic heterocycles. The number of ether oxygens (including phenoxy) is 1. The second kappa shape index (κ2) is 6.45. The Kier molecular flexibility index (Phi) is 5.01. The summed E-state index contributed by atoms with van der Waals surface area (Å²) in [7, 11) is 0. The van der Waals surface area contributed by atoms with Gasteiger partial charge in [-0.3, -0.25) is 9.48 Å². The molecule has 9 heteroatoms. The van der Waals surface area contributed by atoms with E-state index in [1.165, 1.54) is 13.8 Å². The van der Waals surface area contributed by atoms with E-state index >= 15 is 0 Å². The topological polar surface area (TPSA) is 56.2 Å². The standard InChI is InChI=1S/C13H17ClF3N3O2/c1-7-10(14)11(13(15,16)17)19-20(7)8(2)12(21)18-6-9-4-3-5-22-9/h8-9H,3-6H2,1-2H3,(H,18,21). The number of aromatic nitrogens is 2. The molecular formula is C13H17ClF3N3O2. The molecule has 1 aliphatic rings. The maximum Gasteiger partial charge on any atom is 0.436 e. The summed E-state index contributed by atoms with van der Waals surface area (Å²) in [5.41, 5.74) is -1.07. The predicted molar refractivity (Wildman–Crippen MR) is 73.7 cm³/mol. The monoisotopic (exact) mass is 339 g/mol. The van der Waals surface area contributed by atoms with Crippen molar-refractivity contribution in [3.05, 3.63) is 16.4 Å². The Morgan fingerprint density at radius 2 is 2.27 bits per heavy atom. The number of carbonyl (C=O) groups is 1. The number of nitrogens with one attached hydrogen (secondary N) is 1. The molecule has 1 amide bonds. The van der Waals surface area contributed by atoms with Gasteiger partial charge < -0.3 is 10.1 Å². The lowest BCUT2D eigenvalue weighted by Gasteiger charge is -2.16. The number of alkyl halides is 3. The van der Waals surface area contributed by atoms with Crippen molar-refractivity contribution in [1.82, 2.24) is 15.1 Å². The van der Waals surface area contributed by atoms with Crippen molar-refractivity contribution in [2.75, 3.05) is 13.2 Å². The van der Waals surface area contributed by atoms with Crippen molar-refractivity contribution in [3.8, 4) is 0 Å². The summed E-state index contributed by atoms with van der Waals surface area (Å²) in [6, 6.07) is -0.894. The molecule has 0 aromatic carbocycles. The Morgan fingerprint density at radius 3 is 2.77 bits per heavy atom. The lowest BCUT2D eigenvalue weighted by atomic mass is 10.2. The molecule has 124 valence electrons. The third-order valence-electron chi connectivity index (χ3n) is 3.62. The third-order valence-corrected chi connectivity index (χ3v) is 4.07. The molecule has 1 saturated heterocycles. The number of halogens is 4. The van der Waals surface area contributed by atoms with Crippen LogP contribution in [0.2, 0.25) is 5.02 Å². The summed E-state index contributed by atoms with van der Waals surface area (Å²) in [4.78, 5) is 12.1.